The molecule has 4 aromatic carbocycles. The molecule has 0 aliphatic carbocycles. The summed E-state index contributed by atoms with van der Waals surface area (Å²) in [6.45, 7) is 23.6. The minimum Gasteiger partial charge on any atom is -0.445 e. The number of carbonyl (C=O) groups excluding carboxylic acids is 10. The number of aryl methyl sites for hydroxylation is 1. The lowest BCUT2D eigenvalue weighted by molar-refractivity contribution is -0.148. The minimum atomic E-state index is -3.87. The molecule has 26 nitrogen and oxygen atoms in total. The molecule has 0 aromatic heterocycles. The van der Waals surface area contributed by atoms with E-state index >= 15 is 0 Å². The number of likely N-dealkylation sites (tertiary alicyclic amines) is 1. The van der Waals surface area contributed by atoms with Gasteiger partial charge in [0.15, 0.2) is 15.6 Å². The van der Waals surface area contributed by atoms with Crippen LogP contribution in [0.15, 0.2) is 120 Å². The number of Topliss-reactive ketones (excluding diaryl/α,β-unsaturated/α-hetero) is 1. The third kappa shape index (κ3) is 23.7. The van der Waals surface area contributed by atoms with Gasteiger partial charge >= 0.3 is 12.1 Å². The number of hydrogen-bond donors (Lipinski definition) is 8. The molecule has 0 radical (unpaired) electrons. The Morgan fingerprint density at radius 1 is 0.709 bits per heavy atom. The average molecular weight is 1450 g/mol. The van der Waals surface area contributed by atoms with E-state index < -0.39 is 147 Å². The number of urea groups is 1. The number of methoxy groups -OCH3 is 2. The minimum absolute atomic E-state index is 0.0241. The zero-order valence-corrected chi connectivity index (χ0v) is 63.0. The Bertz CT molecular complexity index is 3670. The van der Waals surface area contributed by atoms with E-state index in [0.29, 0.717) is 42.6 Å². The van der Waals surface area contributed by atoms with Gasteiger partial charge in [0.05, 0.1) is 59.4 Å². The summed E-state index contributed by atoms with van der Waals surface area (Å²) in [5, 5.41) is 27.5. The highest BCUT2D eigenvalue weighted by Crippen LogP contribution is 2.31. The van der Waals surface area contributed by atoms with E-state index in [-0.39, 0.29) is 71.7 Å². The van der Waals surface area contributed by atoms with Crippen molar-refractivity contribution in [3.8, 4) is 0 Å². The molecule has 27 heteroatoms. The molecule has 0 saturated carbocycles. The van der Waals surface area contributed by atoms with Crippen molar-refractivity contribution >= 4 is 74.8 Å². The Hall–Kier alpha value is -9.05. The normalized spacial score (nSPS) is 16.3. The van der Waals surface area contributed by atoms with Crippen molar-refractivity contribution in [2.24, 2.45) is 35.3 Å². The number of likely N-dealkylation sites (N-methyl/N-ethyl adjacent to an activating group) is 2. The number of carbonyl (C=O) groups is 10. The maximum absolute atomic E-state index is 14.9. The number of nitrogens with one attached hydrogen (secondary N) is 6. The molecule has 5 rings (SSSR count). The van der Waals surface area contributed by atoms with Gasteiger partial charge in [-0.05, 0) is 111 Å². The number of aliphatic hydroxyl groups is 1. The molecule has 12 atom stereocenters. The summed E-state index contributed by atoms with van der Waals surface area (Å²) in [4.78, 5) is 142. The Morgan fingerprint density at radius 2 is 1.32 bits per heavy atom. The van der Waals surface area contributed by atoms with Crippen molar-refractivity contribution in [3.63, 3.8) is 0 Å². The first-order valence-electron chi connectivity index (χ1n) is 35.1. The maximum Gasteiger partial charge on any atom is 0.410 e. The quantitative estimate of drug-likeness (QED) is 0.0123. The summed E-state index contributed by atoms with van der Waals surface area (Å²) in [6.07, 6.45) is -1.27. The molecule has 0 spiro atoms. The number of ketones is 1. The summed E-state index contributed by atoms with van der Waals surface area (Å²) < 4.78 is 43.8. The zero-order valence-electron chi connectivity index (χ0n) is 62.2. The number of rotatable bonds is 38. The Kier molecular flexibility index (Phi) is 32.5. The van der Waals surface area contributed by atoms with Crippen molar-refractivity contribution in [1.82, 2.24) is 41.3 Å². The first kappa shape index (κ1) is 84.6. The summed E-state index contributed by atoms with van der Waals surface area (Å²) in [5.41, 5.74) is 7.59. The Morgan fingerprint density at radius 3 is 1.88 bits per heavy atom. The number of benzene rings is 4. The number of aliphatic hydroxyl groups excluding tert-OH is 1. The van der Waals surface area contributed by atoms with Gasteiger partial charge in [-0.3, -0.25) is 43.3 Å². The van der Waals surface area contributed by atoms with Crippen molar-refractivity contribution in [2.45, 2.75) is 187 Å². The number of anilines is 1. The molecule has 564 valence electrons. The van der Waals surface area contributed by atoms with E-state index in [2.05, 4.69) is 38.5 Å². The van der Waals surface area contributed by atoms with Crippen molar-refractivity contribution in [3.05, 3.63) is 143 Å². The largest absolute Gasteiger partial charge is 0.445 e. The summed E-state index contributed by atoms with van der Waals surface area (Å²) in [6, 6.07) is 19.9. The fourth-order valence-corrected chi connectivity index (χ4v) is 14.1. The number of primary amides is 1. The first-order chi connectivity index (χ1) is 48.6. The molecular formula is C76H108N10O16S. The smallest absolute Gasteiger partial charge is 0.410 e. The van der Waals surface area contributed by atoms with Crippen LogP contribution in [-0.2, 0) is 59.4 Å². The molecule has 0 bridgehead atoms. The molecule has 1 heterocycles. The van der Waals surface area contributed by atoms with Gasteiger partial charge in [-0.2, -0.15) is 0 Å². The second kappa shape index (κ2) is 39.6. The van der Waals surface area contributed by atoms with Crippen LogP contribution in [-0.4, -0.2) is 189 Å². The van der Waals surface area contributed by atoms with Gasteiger partial charge in [0.25, 0.3) is 5.91 Å². The van der Waals surface area contributed by atoms with Crippen LogP contribution in [0.3, 0.4) is 0 Å². The van der Waals surface area contributed by atoms with Crippen LogP contribution in [0, 0.1) is 36.5 Å². The molecule has 1 fully saturated rings. The van der Waals surface area contributed by atoms with Crippen LogP contribution in [0.5, 0.6) is 0 Å². The van der Waals surface area contributed by atoms with Gasteiger partial charge < -0.3 is 66.8 Å². The molecule has 10 amide bonds. The van der Waals surface area contributed by atoms with Crippen LogP contribution >= 0.6 is 0 Å². The summed E-state index contributed by atoms with van der Waals surface area (Å²) in [5.74, 6) is -7.18. The number of sulfone groups is 1. The first-order valence-corrected chi connectivity index (χ1v) is 36.7. The second-order valence-electron chi connectivity index (χ2n) is 27.8. The molecule has 1 aliphatic heterocycles. The molecule has 9 N–H and O–H groups in total. The van der Waals surface area contributed by atoms with Gasteiger partial charge in [0.1, 0.15) is 30.8 Å². The number of nitrogens with zero attached hydrogens (tertiary/aromatic N) is 3. The average Bonchev–Trinajstić information content (AvgIpc) is 1.21. The lowest BCUT2D eigenvalue weighted by Crippen LogP contribution is -2.60. The predicted octanol–water partition coefficient (Wildman–Crippen LogP) is 7.43. The van der Waals surface area contributed by atoms with E-state index in [4.69, 9.17) is 19.9 Å². The van der Waals surface area contributed by atoms with Crippen molar-refractivity contribution < 1.29 is 75.7 Å². The molecule has 4 aromatic rings. The Labute approximate surface area is 606 Å². The number of hydrogen-bond acceptors (Lipinski definition) is 16. The van der Waals surface area contributed by atoms with Crippen LogP contribution < -0.4 is 37.6 Å². The van der Waals surface area contributed by atoms with E-state index in [9.17, 15) is 61.5 Å². The van der Waals surface area contributed by atoms with Crippen LogP contribution in [0.2, 0.25) is 0 Å². The van der Waals surface area contributed by atoms with Crippen LogP contribution in [0.1, 0.15) is 151 Å². The van der Waals surface area contributed by atoms with Crippen LogP contribution in [0.4, 0.5) is 15.3 Å². The summed E-state index contributed by atoms with van der Waals surface area (Å²) in [7, 11) is 2.18. The molecule has 103 heavy (non-hydrogen) atoms. The van der Waals surface area contributed by atoms with E-state index in [1.165, 1.54) is 62.6 Å². The topological polar surface area (TPSA) is 361 Å². The maximum atomic E-state index is 14.9. The highest BCUT2D eigenvalue weighted by atomic mass is 32.2. The third-order valence-corrected chi connectivity index (χ3v) is 20.7. The second-order valence-corrected chi connectivity index (χ2v) is 29.8. The lowest BCUT2D eigenvalue weighted by Gasteiger charge is -2.41. The number of nitrogens with two attached hydrogens (primary N) is 1. The highest BCUT2D eigenvalue weighted by molar-refractivity contribution is 7.91. The van der Waals surface area contributed by atoms with Gasteiger partial charge in [-0.1, -0.05) is 148 Å². The monoisotopic (exact) mass is 1450 g/mol. The lowest BCUT2D eigenvalue weighted by atomic mass is 9.89. The van der Waals surface area contributed by atoms with Crippen molar-refractivity contribution in [1.29, 1.82) is 0 Å². The zero-order chi connectivity index (χ0) is 76.7. The van der Waals surface area contributed by atoms with Gasteiger partial charge in [-0.15, -0.1) is 0 Å². The summed E-state index contributed by atoms with van der Waals surface area (Å²) >= 11 is 0. The van der Waals surface area contributed by atoms with Gasteiger partial charge in [0.2, 0.25) is 35.4 Å². The molecule has 1 saturated heterocycles. The standard InChI is InChI=1S/C76H108N10O16S/c1-17-48(9)65(60(100-15)41-61(87)86-40-22-26-59(86)68(101-16)50(11)69(90)79-51(12)67(89)53-23-19-18-20-24-53)84(13)74(95)63(45(4)5)83-73(94)64(46(6)7)85(14)76(97)102-42-52-29-35-56(36-30-52)80-71(92)58(25-21-39-78-75(77)96)81-72(93)62(44(2)3)82-70(91)55-33-31-54(32-34-55)66(88)49(10)43-103(98,99)57-37-27-47(8)28-38-57/h18-20,23-24,27-38,44-46,48,50-51,58-60,62-65,67-68,89H,10,17,21-22,25-26,39-43H2,1-9,11-16H3,(H,79,90)(H,80,92)(H,81,93)(H,82,91)(H,83,94)(H3,77,78,96)/t48-,50+,51+,58-,59-,60+,62-,63-,64-,65-,67+,68+/m0/s1. The van der Waals surface area contributed by atoms with Crippen molar-refractivity contribution in [2.75, 3.05) is 52.5 Å². The van der Waals surface area contributed by atoms with Crippen LogP contribution in [0.25, 0.3) is 0 Å². The predicted molar refractivity (Wildman–Crippen MR) is 392 cm³/mol. The van der Waals surface area contributed by atoms with Gasteiger partial charge in [-0.25, -0.2) is 18.0 Å². The third-order valence-electron chi connectivity index (χ3n) is 19.0. The SMILES string of the molecule is C=C(CS(=O)(=O)c1ccc(C)cc1)C(=O)c1ccc(C(=O)N[C@H](C(=O)N[C@@H](CCCNC(N)=O)C(=O)Nc2ccc(COC(=O)N(C)[C@H](C(=O)N[C@H](C(=O)N(C)[C@@H]([C@@H](C)CC)[C@@H](CC(=O)N3CCC[C@H]3[C@H](OC)[C@@H](C)C(=O)N[C@H](C)[C@@H](O)c3ccccc3)OC)C(C)C)C(C)C)cc2)C(C)C)cc1. The number of amides is 10. The highest BCUT2D eigenvalue weighted by Gasteiger charge is 2.44. The Balaban J connectivity index is 1.19. The van der Waals surface area contributed by atoms with E-state index in [1.54, 1.807) is 116 Å². The van der Waals surface area contributed by atoms with E-state index in [1.807, 2.05) is 39.0 Å². The van der Waals surface area contributed by atoms with Gasteiger partial charge in [0, 0.05) is 63.8 Å². The fourth-order valence-electron chi connectivity index (χ4n) is 12.8. The number of ether oxygens (including phenoxy) is 3. The molecular weight excluding hydrogens is 1340 g/mol. The van der Waals surface area contributed by atoms with E-state index in [0.717, 1.165) is 10.5 Å². The molecule has 0 unspecified atom stereocenters. The molecule has 1 aliphatic rings. The fraction of sp³-hybridized carbons (Fsp3) is 0.526.